The maximum Gasteiger partial charge on any atom is 0.434 e. The van der Waals surface area contributed by atoms with Gasteiger partial charge in [-0.2, -0.15) is 18.2 Å². The largest absolute Gasteiger partial charge is 0.434 e. The van der Waals surface area contributed by atoms with Gasteiger partial charge in [0.1, 0.15) is 12.0 Å². The van der Waals surface area contributed by atoms with Crippen molar-refractivity contribution in [2.75, 3.05) is 5.32 Å². The van der Waals surface area contributed by atoms with Gasteiger partial charge in [-0.1, -0.05) is 24.3 Å². The van der Waals surface area contributed by atoms with Crippen molar-refractivity contribution < 1.29 is 18.1 Å². The average Bonchev–Trinajstić information content (AvgIpc) is 3.43. The van der Waals surface area contributed by atoms with E-state index in [1.807, 2.05) is 0 Å². The predicted molar refractivity (Wildman–Crippen MR) is 102 cm³/mol. The van der Waals surface area contributed by atoms with Crippen LogP contribution >= 0.6 is 11.6 Å². The number of benzene rings is 1. The zero-order valence-corrected chi connectivity index (χ0v) is 16.0. The topological polar surface area (TPSA) is 98.8 Å². The van der Waals surface area contributed by atoms with Gasteiger partial charge in [0.2, 0.25) is 11.1 Å². The highest BCUT2D eigenvalue weighted by molar-refractivity contribution is 6.28. The summed E-state index contributed by atoms with van der Waals surface area (Å²) in [5.41, 5.74) is 0.0609. The number of rotatable bonds is 6. The highest BCUT2D eigenvalue weighted by Gasteiger charge is 2.37. The molecular formula is C18H14ClF3N6O2. The van der Waals surface area contributed by atoms with E-state index in [9.17, 15) is 23.3 Å². The zero-order chi connectivity index (χ0) is 21.5. The summed E-state index contributed by atoms with van der Waals surface area (Å²) in [6.07, 6.45) is -0.796. The van der Waals surface area contributed by atoms with Gasteiger partial charge in [-0.15, -0.1) is 0 Å². The molecule has 2 heterocycles. The second-order valence-corrected chi connectivity index (χ2v) is 7.10. The van der Waals surface area contributed by atoms with Crippen molar-refractivity contribution in [3.8, 4) is 11.4 Å². The molecule has 1 aliphatic rings. The van der Waals surface area contributed by atoms with Crippen LogP contribution in [0, 0.1) is 10.1 Å². The molecule has 1 fully saturated rings. The number of nitrogens with zero attached hydrogens (tertiary/aromatic N) is 5. The minimum Gasteiger partial charge on any atom is -0.360 e. The van der Waals surface area contributed by atoms with Crippen LogP contribution in [-0.2, 0) is 12.7 Å². The lowest BCUT2D eigenvalue weighted by Crippen LogP contribution is -2.06. The SMILES string of the molecule is O=[N+]([O-])c1cnc(Cl)nc1NCc1ccc(-c2nc(C(F)(F)F)cn2C2CC2)cc1. The van der Waals surface area contributed by atoms with E-state index in [2.05, 4.69) is 20.3 Å². The summed E-state index contributed by atoms with van der Waals surface area (Å²) in [5.74, 6) is 0.241. The summed E-state index contributed by atoms with van der Waals surface area (Å²) in [6.45, 7) is 0.194. The summed E-state index contributed by atoms with van der Waals surface area (Å²) in [6, 6.07) is 6.78. The molecule has 30 heavy (non-hydrogen) atoms. The van der Waals surface area contributed by atoms with E-state index in [0.29, 0.717) is 5.56 Å². The molecule has 0 amide bonds. The third kappa shape index (κ3) is 4.20. The van der Waals surface area contributed by atoms with Crippen LogP contribution in [0.25, 0.3) is 11.4 Å². The van der Waals surface area contributed by atoms with Crippen LogP contribution < -0.4 is 5.32 Å². The minimum absolute atomic E-state index is 0.0248. The second-order valence-electron chi connectivity index (χ2n) is 6.77. The highest BCUT2D eigenvalue weighted by atomic mass is 35.5. The lowest BCUT2D eigenvalue weighted by molar-refractivity contribution is -0.384. The molecule has 156 valence electrons. The van der Waals surface area contributed by atoms with Crippen molar-refractivity contribution in [3.63, 3.8) is 0 Å². The van der Waals surface area contributed by atoms with Crippen molar-refractivity contribution >= 4 is 23.1 Å². The Morgan fingerprint density at radius 2 is 1.93 bits per heavy atom. The van der Waals surface area contributed by atoms with Crippen molar-refractivity contribution in [3.05, 3.63) is 63.3 Å². The number of anilines is 1. The average molecular weight is 439 g/mol. The van der Waals surface area contributed by atoms with Crippen LogP contribution in [0.1, 0.15) is 30.1 Å². The van der Waals surface area contributed by atoms with E-state index in [0.717, 1.165) is 30.8 Å². The third-order valence-corrected chi connectivity index (χ3v) is 4.75. The Kier molecular flexibility index (Phi) is 5.06. The fraction of sp³-hybridized carbons (Fsp3) is 0.278. The van der Waals surface area contributed by atoms with Gasteiger partial charge < -0.3 is 9.88 Å². The number of nitro groups is 1. The molecule has 1 saturated carbocycles. The molecule has 0 unspecified atom stereocenters. The first kappa shape index (κ1) is 20.1. The molecule has 0 saturated heterocycles. The second kappa shape index (κ2) is 7.56. The Morgan fingerprint density at radius 3 is 2.53 bits per heavy atom. The molecule has 0 bridgehead atoms. The fourth-order valence-corrected chi connectivity index (χ4v) is 3.08. The van der Waals surface area contributed by atoms with Gasteiger partial charge in [0.25, 0.3) is 0 Å². The minimum atomic E-state index is -4.51. The van der Waals surface area contributed by atoms with Gasteiger partial charge in [-0.05, 0) is 30.0 Å². The predicted octanol–water partition coefficient (Wildman–Crippen LogP) is 4.87. The van der Waals surface area contributed by atoms with Gasteiger partial charge in [0, 0.05) is 24.3 Å². The number of alkyl halides is 3. The molecule has 4 rings (SSSR count). The first-order valence-corrected chi connectivity index (χ1v) is 9.26. The summed E-state index contributed by atoms with van der Waals surface area (Å²) in [4.78, 5) is 21.6. The highest BCUT2D eigenvalue weighted by Crippen LogP contribution is 2.40. The van der Waals surface area contributed by atoms with E-state index in [1.165, 1.54) is 0 Å². The van der Waals surface area contributed by atoms with E-state index in [-0.39, 0.29) is 35.2 Å². The molecule has 3 aromatic rings. The van der Waals surface area contributed by atoms with E-state index in [4.69, 9.17) is 11.6 Å². The van der Waals surface area contributed by atoms with Gasteiger partial charge >= 0.3 is 11.9 Å². The number of aromatic nitrogens is 4. The van der Waals surface area contributed by atoms with Crippen molar-refractivity contribution in [1.82, 2.24) is 19.5 Å². The van der Waals surface area contributed by atoms with Crippen LogP contribution in [0.3, 0.4) is 0 Å². The molecule has 1 N–H and O–H groups in total. The molecule has 1 aliphatic carbocycles. The fourth-order valence-electron chi connectivity index (χ4n) is 2.95. The zero-order valence-electron chi connectivity index (χ0n) is 15.2. The Hall–Kier alpha value is -3.21. The summed E-state index contributed by atoms with van der Waals surface area (Å²) < 4.78 is 40.8. The summed E-state index contributed by atoms with van der Waals surface area (Å²) in [5, 5.41) is 13.8. The van der Waals surface area contributed by atoms with Crippen LogP contribution in [0.4, 0.5) is 24.7 Å². The molecule has 8 nitrogen and oxygen atoms in total. The maximum atomic E-state index is 13.1. The molecule has 0 radical (unpaired) electrons. The number of imidazole rings is 1. The van der Waals surface area contributed by atoms with Gasteiger partial charge in [0.15, 0.2) is 5.69 Å². The maximum absolute atomic E-state index is 13.1. The molecule has 2 aromatic heterocycles. The van der Waals surface area contributed by atoms with Crippen LogP contribution in [0.2, 0.25) is 5.28 Å². The normalized spacial score (nSPS) is 14.0. The molecule has 0 atom stereocenters. The Morgan fingerprint density at radius 1 is 1.23 bits per heavy atom. The first-order valence-electron chi connectivity index (χ1n) is 8.88. The van der Waals surface area contributed by atoms with Crippen molar-refractivity contribution in [2.45, 2.75) is 31.6 Å². The van der Waals surface area contributed by atoms with E-state index >= 15 is 0 Å². The Labute approximate surface area is 172 Å². The number of hydrogen-bond acceptors (Lipinski definition) is 6. The molecule has 0 aliphatic heterocycles. The number of hydrogen-bond donors (Lipinski definition) is 1. The van der Waals surface area contributed by atoms with Crippen LogP contribution in [0.15, 0.2) is 36.7 Å². The lowest BCUT2D eigenvalue weighted by atomic mass is 10.1. The Balaban J connectivity index is 1.54. The first-order chi connectivity index (χ1) is 14.2. The van der Waals surface area contributed by atoms with Crippen molar-refractivity contribution in [1.29, 1.82) is 0 Å². The monoisotopic (exact) mass is 438 g/mol. The molecular weight excluding hydrogens is 425 g/mol. The lowest BCUT2D eigenvalue weighted by Gasteiger charge is -2.09. The van der Waals surface area contributed by atoms with Gasteiger partial charge in [0.05, 0.1) is 4.92 Å². The number of halogens is 4. The molecule has 1 aromatic carbocycles. The van der Waals surface area contributed by atoms with Crippen LogP contribution in [0.5, 0.6) is 0 Å². The van der Waals surface area contributed by atoms with Gasteiger partial charge in [-0.3, -0.25) is 10.1 Å². The molecule has 0 spiro atoms. The van der Waals surface area contributed by atoms with Crippen LogP contribution in [-0.4, -0.2) is 24.4 Å². The molecule has 12 heteroatoms. The smallest absolute Gasteiger partial charge is 0.360 e. The standard InChI is InChI=1S/C18H14ClF3N6O2/c19-17-24-8-13(28(29)30)15(26-17)23-7-10-1-3-11(4-2-10)16-25-14(18(20,21)22)9-27(16)12-5-6-12/h1-4,8-9,12H,5-7H2,(H,23,24,26). The van der Waals surface area contributed by atoms with Crippen molar-refractivity contribution in [2.24, 2.45) is 0 Å². The third-order valence-electron chi connectivity index (χ3n) is 4.57. The summed E-state index contributed by atoms with van der Waals surface area (Å²) in [7, 11) is 0. The summed E-state index contributed by atoms with van der Waals surface area (Å²) >= 11 is 5.70. The Bertz CT molecular complexity index is 1100. The quantitative estimate of drug-likeness (QED) is 0.335. The van der Waals surface area contributed by atoms with Gasteiger partial charge in [-0.25, -0.2) is 9.97 Å². The number of nitrogens with one attached hydrogen (secondary N) is 1. The van der Waals surface area contributed by atoms with E-state index < -0.39 is 16.8 Å². The van der Waals surface area contributed by atoms with E-state index in [1.54, 1.807) is 28.8 Å².